The molecular weight excluding hydrogens is 292 g/mol. The minimum Gasteiger partial charge on any atom is -0.453 e. The maximum absolute atomic E-state index is 11.1. The van der Waals surface area contributed by atoms with Crippen LogP contribution in [0.25, 0.3) is 11.0 Å². The number of amides is 1. The second-order valence-corrected chi connectivity index (χ2v) is 6.09. The average molecular weight is 316 g/mol. The highest BCUT2D eigenvalue weighted by Gasteiger charge is 2.25. The summed E-state index contributed by atoms with van der Waals surface area (Å²) < 4.78 is 6.75. The number of pyridine rings is 1. The number of carbonyl (C=O) groups excluding carboxylic acids is 1. The Kier molecular flexibility index (Phi) is 4.81. The van der Waals surface area contributed by atoms with Gasteiger partial charge in [0.1, 0.15) is 5.65 Å². The van der Waals surface area contributed by atoms with E-state index in [-0.39, 0.29) is 6.09 Å². The Labute approximate surface area is 136 Å². The second kappa shape index (κ2) is 7.00. The van der Waals surface area contributed by atoms with Crippen molar-refractivity contribution in [1.82, 2.24) is 20.2 Å². The number of hydrogen-bond donors (Lipinski definition) is 2. The molecule has 1 saturated carbocycles. The van der Waals surface area contributed by atoms with Crippen molar-refractivity contribution in [3.63, 3.8) is 0 Å². The predicted octanol–water partition coefficient (Wildman–Crippen LogP) is 2.60. The van der Waals surface area contributed by atoms with Crippen LogP contribution in [-0.4, -0.2) is 35.3 Å². The SMILES string of the molecule is COC(=O)NCCCn1cc(C(C)NC2CC2)c2cccnc21. The smallest absolute Gasteiger partial charge is 0.406 e. The number of ether oxygens (including phenoxy) is 1. The molecule has 1 unspecified atom stereocenters. The number of methoxy groups -OCH3 is 1. The molecule has 0 bridgehead atoms. The topological polar surface area (TPSA) is 68.2 Å². The number of fused-ring (bicyclic) bond motifs is 1. The molecule has 2 aromatic rings. The molecule has 6 nitrogen and oxygen atoms in total. The molecule has 0 saturated heterocycles. The van der Waals surface area contributed by atoms with Crippen molar-refractivity contribution in [2.45, 2.75) is 44.8 Å². The highest BCUT2D eigenvalue weighted by atomic mass is 16.5. The van der Waals surface area contributed by atoms with Crippen LogP contribution in [-0.2, 0) is 11.3 Å². The van der Waals surface area contributed by atoms with E-state index in [0.717, 1.165) is 18.6 Å². The van der Waals surface area contributed by atoms with E-state index in [0.29, 0.717) is 18.6 Å². The summed E-state index contributed by atoms with van der Waals surface area (Å²) in [4.78, 5) is 15.6. The van der Waals surface area contributed by atoms with E-state index in [9.17, 15) is 4.79 Å². The fourth-order valence-corrected chi connectivity index (χ4v) is 2.87. The summed E-state index contributed by atoms with van der Waals surface area (Å²) in [6.45, 7) is 3.61. The van der Waals surface area contributed by atoms with Gasteiger partial charge in [-0.3, -0.25) is 0 Å². The minimum absolute atomic E-state index is 0.323. The molecule has 0 spiro atoms. The quantitative estimate of drug-likeness (QED) is 0.771. The number of nitrogens with zero attached hydrogens (tertiary/aromatic N) is 2. The Morgan fingerprint density at radius 3 is 3.09 bits per heavy atom. The standard InChI is InChI=1S/C17H24N4O2/c1-12(20-13-6-7-13)15-11-21(10-4-9-19-17(22)23-2)16-14(15)5-3-8-18-16/h3,5,8,11-13,20H,4,6-7,9-10H2,1-2H3,(H,19,22). The summed E-state index contributed by atoms with van der Waals surface area (Å²) >= 11 is 0. The monoisotopic (exact) mass is 316 g/mol. The Morgan fingerprint density at radius 1 is 1.52 bits per heavy atom. The molecule has 1 aliphatic rings. The lowest BCUT2D eigenvalue weighted by Gasteiger charge is -2.12. The van der Waals surface area contributed by atoms with Crippen LogP contribution in [0.15, 0.2) is 24.5 Å². The fourth-order valence-electron chi connectivity index (χ4n) is 2.87. The van der Waals surface area contributed by atoms with Crippen LogP contribution < -0.4 is 10.6 Å². The number of hydrogen-bond acceptors (Lipinski definition) is 4. The van der Waals surface area contributed by atoms with Crippen molar-refractivity contribution in [2.24, 2.45) is 0 Å². The Morgan fingerprint density at radius 2 is 2.35 bits per heavy atom. The molecule has 1 atom stereocenters. The van der Waals surface area contributed by atoms with Gasteiger partial charge < -0.3 is 19.9 Å². The molecule has 2 N–H and O–H groups in total. The summed E-state index contributed by atoms with van der Waals surface area (Å²) in [7, 11) is 1.37. The number of aryl methyl sites for hydroxylation is 1. The Hall–Kier alpha value is -2.08. The normalized spacial score (nSPS) is 15.6. The second-order valence-electron chi connectivity index (χ2n) is 6.09. The first-order valence-electron chi connectivity index (χ1n) is 8.20. The third-order valence-electron chi connectivity index (χ3n) is 4.22. The zero-order valence-electron chi connectivity index (χ0n) is 13.7. The van der Waals surface area contributed by atoms with Gasteiger partial charge in [0.05, 0.1) is 7.11 Å². The first-order chi connectivity index (χ1) is 11.2. The number of nitrogens with one attached hydrogen (secondary N) is 2. The van der Waals surface area contributed by atoms with Crippen LogP contribution in [0.1, 0.15) is 37.8 Å². The van der Waals surface area contributed by atoms with Crippen molar-refractivity contribution >= 4 is 17.1 Å². The van der Waals surface area contributed by atoms with Gasteiger partial charge in [-0.15, -0.1) is 0 Å². The number of alkyl carbamates (subject to hydrolysis) is 1. The van der Waals surface area contributed by atoms with Crippen LogP contribution in [0.5, 0.6) is 0 Å². The lowest BCUT2D eigenvalue weighted by Crippen LogP contribution is -2.24. The molecule has 1 aliphatic carbocycles. The van der Waals surface area contributed by atoms with E-state index < -0.39 is 0 Å². The van der Waals surface area contributed by atoms with E-state index in [1.165, 1.54) is 30.9 Å². The molecule has 0 aromatic carbocycles. The molecule has 3 rings (SSSR count). The lowest BCUT2D eigenvalue weighted by atomic mass is 10.1. The van der Waals surface area contributed by atoms with Crippen LogP contribution >= 0.6 is 0 Å². The van der Waals surface area contributed by atoms with E-state index in [4.69, 9.17) is 0 Å². The van der Waals surface area contributed by atoms with E-state index >= 15 is 0 Å². The first-order valence-corrected chi connectivity index (χ1v) is 8.20. The summed E-state index contributed by atoms with van der Waals surface area (Å²) in [5.74, 6) is 0. The zero-order chi connectivity index (χ0) is 16.2. The van der Waals surface area contributed by atoms with Gasteiger partial charge in [-0.25, -0.2) is 9.78 Å². The van der Waals surface area contributed by atoms with Gasteiger partial charge in [0.2, 0.25) is 0 Å². The molecule has 2 heterocycles. The van der Waals surface area contributed by atoms with Crippen LogP contribution in [0.4, 0.5) is 4.79 Å². The van der Waals surface area contributed by atoms with Crippen molar-refractivity contribution in [1.29, 1.82) is 0 Å². The average Bonchev–Trinajstić information content (AvgIpc) is 3.30. The maximum Gasteiger partial charge on any atom is 0.406 e. The van der Waals surface area contributed by atoms with Gasteiger partial charge >= 0.3 is 6.09 Å². The van der Waals surface area contributed by atoms with Gasteiger partial charge in [-0.05, 0) is 43.9 Å². The molecule has 124 valence electrons. The summed E-state index contributed by atoms with van der Waals surface area (Å²) in [5, 5.41) is 7.56. The first kappa shape index (κ1) is 15.8. The van der Waals surface area contributed by atoms with Gasteiger partial charge in [0, 0.05) is 43.0 Å². The maximum atomic E-state index is 11.1. The molecular formula is C17H24N4O2. The van der Waals surface area contributed by atoms with Gasteiger partial charge in [-0.1, -0.05) is 0 Å². The Bertz CT molecular complexity index is 678. The van der Waals surface area contributed by atoms with Crippen molar-refractivity contribution < 1.29 is 9.53 Å². The number of aromatic nitrogens is 2. The third kappa shape index (κ3) is 3.82. The largest absolute Gasteiger partial charge is 0.453 e. The number of carbonyl (C=O) groups is 1. The molecule has 1 amide bonds. The molecule has 23 heavy (non-hydrogen) atoms. The Balaban J connectivity index is 1.70. The molecule has 6 heteroatoms. The third-order valence-corrected chi connectivity index (χ3v) is 4.22. The van der Waals surface area contributed by atoms with E-state index in [2.05, 4.69) is 44.1 Å². The predicted molar refractivity (Wildman–Crippen MR) is 89.3 cm³/mol. The van der Waals surface area contributed by atoms with Crippen LogP contribution in [0, 0.1) is 0 Å². The van der Waals surface area contributed by atoms with Gasteiger partial charge in [0.15, 0.2) is 0 Å². The highest BCUT2D eigenvalue weighted by Crippen LogP contribution is 2.29. The van der Waals surface area contributed by atoms with Crippen LogP contribution in [0.3, 0.4) is 0 Å². The molecule has 1 fully saturated rings. The summed E-state index contributed by atoms with van der Waals surface area (Å²) in [6, 6.07) is 5.11. The summed E-state index contributed by atoms with van der Waals surface area (Å²) in [6.07, 6.45) is 7.02. The van der Waals surface area contributed by atoms with Gasteiger partial charge in [-0.2, -0.15) is 0 Å². The highest BCUT2D eigenvalue weighted by molar-refractivity contribution is 5.80. The molecule has 2 aromatic heterocycles. The van der Waals surface area contributed by atoms with E-state index in [1.807, 2.05) is 12.3 Å². The van der Waals surface area contributed by atoms with E-state index in [1.54, 1.807) is 0 Å². The number of rotatable bonds is 7. The van der Waals surface area contributed by atoms with Crippen molar-refractivity contribution in [2.75, 3.05) is 13.7 Å². The minimum atomic E-state index is -0.386. The van der Waals surface area contributed by atoms with Crippen molar-refractivity contribution in [3.05, 3.63) is 30.1 Å². The molecule has 0 radical (unpaired) electrons. The zero-order valence-corrected chi connectivity index (χ0v) is 13.7. The molecule has 0 aliphatic heterocycles. The van der Waals surface area contributed by atoms with Crippen LogP contribution in [0.2, 0.25) is 0 Å². The fraction of sp³-hybridized carbons (Fsp3) is 0.529. The summed E-state index contributed by atoms with van der Waals surface area (Å²) in [5.41, 5.74) is 2.30. The van der Waals surface area contributed by atoms with Gasteiger partial charge in [0.25, 0.3) is 0 Å². The van der Waals surface area contributed by atoms with Crippen molar-refractivity contribution in [3.8, 4) is 0 Å². The lowest BCUT2D eigenvalue weighted by molar-refractivity contribution is 0.171.